The molecule has 0 aliphatic rings. The Morgan fingerprint density at radius 1 is 1.21 bits per heavy atom. The molecule has 2 N–H and O–H groups in total. The van der Waals surface area contributed by atoms with E-state index in [0.29, 0.717) is 49.3 Å². The summed E-state index contributed by atoms with van der Waals surface area (Å²) in [5, 5.41) is 10.4. The van der Waals surface area contributed by atoms with Gasteiger partial charge in [-0.3, -0.25) is 14.8 Å². The molecule has 10 heteroatoms. The number of aliphatic imine (C=N–C) groups is 1. The van der Waals surface area contributed by atoms with Crippen molar-refractivity contribution in [1.29, 1.82) is 0 Å². The normalized spacial score (nSPS) is 10.9. The summed E-state index contributed by atoms with van der Waals surface area (Å²) >= 11 is 0. The molecule has 0 aliphatic heterocycles. The Morgan fingerprint density at radius 3 is 2.66 bits per heavy atom. The van der Waals surface area contributed by atoms with Gasteiger partial charge in [-0.05, 0) is 32.9 Å². The first-order chi connectivity index (χ1) is 13.7. The van der Waals surface area contributed by atoms with Gasteiger partial charge in [0, 0.05) is 45.2 Å². The van der Waals surface area contributed by atoms with E-state index in [4.69, 9.17) is 4.52 Å². The molecule has 0 atom stereocenters. The first-order valence-corrected chi connectivity index (χ1v) is 9.71. The average molecular weight is 515 g/mol. The number of aromatic nitrogens is 3. The number of hydrogen-bond acceptors (Lipinski definition) is 6. The van der Waals surface area contributed by atoms with E-state index in [1.807, 2.05) is 43.9 Å². The zero-order chi connectivity index (χ0) is 20.2. The smallest absolute Gasteiger partial charge is 0.276 e. The highest BCUT2D eigenvalue weighted by Crippen LogP contribution is 2.13. The maximum Gasteiger partial charge on any atom is 0.276 e. The molecule has 0 saturated heterocycles. The fraction of sp³-hybridized carbons (Fsp3) is 0.526. The summed E-state index contributed by atoms with van der Waals surface area (Å²) < 4.78 is 5.25. The minimum absolute atomic E-state index is 0. The number of carbonyl (C=O) groups is 1. The van der Waals surface area contributed by atoms with E-state index in [1.54, 1.807) is 6.20 Å². The Morgan fingerprint density at radius 2 is 2.00 bits per heavy atom. The van der Waals surface area contributed by atoms with Crippen molar-refractivity contribution in [2.24, 2.45) is 4.99 Å². The summed E-state index contributed by atoms with van der Waals surface area (Å²) in [5.41, 5.74) is 0.655. The van der Waals surface area contributed by atoms with Gasteiger partial charge in [-0.1, -0.05) is 11.2 Å². The van der Waals surface area contributed by atoms with Gasteiger partial charge >= 0.3 is 0 Å². The van der Waals surface area contributed by atoms with Gasteiger partial charge in [-0.2, -0.15) is 4.98 Å². The second-order valence-electron chi connectivity index (χ2n) is 5.98. The standard InChI is InChI=1S/C19H29N7O2.HI/c1-4-20-19(23-14-11-17(27)26(5-2)6-3)22-13-10-16-24-18(28-25-16)15-9-7-8-12-21-15;/h7-9,12H,4-6,10-11,13-14H2,1-3H3,(H2,20,22,23);1H. The Labute approximate surface area is 188 Å². The first kappa shape index (κ1) is 24.8. The van der Waals surface area contributed by atoms with E-state index in [-0.39, 0.29) is 29.9 Å². The van der Waals surface area contributed by atoms with Crippen LogP contribution in [0, 0.1) is 0 Å². The van der Waals surface area contributed by atoms with Gasteiger partial charge < -0.3 is 20.1 Å². The minimum atomic E-state index is 0. The van der Waals surface area contributed by atoms with Crippen LogP contribution in [0.2, 0.25) is 0 Å². The molecule has 0 bridgehead atoms. The molecule has 0 saturated carbocycles. The molecule has 1 amide bonds. The second kappa shape index (κ2) is 13.9. The monoisotopic (exact) mass is 515 g/mol. The predicted octanol–water partition coefficient (Wildman–Crippen LogP) is 2.11. The highest BCUT2D eigenvalue weighted by atomic mass is 127. The Bertz CT molecular complexity index is 748. The van der Waals surface area contributed by atoms with Gasteiger partial charge in [0.05, 0.1) is 6.54 Å². The van der Waals surface area contributed by atoms with Crippen molar-refractivity contribution in [3.05, 3.63) is 30.2 Å². The lowest BCUT2D eigenvalue weighted by atomic mass is 10.3. The molecular weight excluding hydrogens is 485 g/mol. The summed E-state index contributed by atoms with van der Waals surface area (Å²) in [4.78, 5) is 26.9. The highest BCUT2D eigenvalue weighted by Gasteiger charge is 2.10. The molecule has 0 fully saturated rings. The molecule has 2 aromatic heterocycles. The summed E-state index contributed by atoms with van der Waals surface area (Å²) in [6.45, 7) is 9.18. The predicted molar refractivity (Wildman–Crippen MR) is 123 cm³/mol. The third-order valence-corrected chi connectivity index (χ3v) is 4.05. The number of carbonyl (C=O) groups excluding carboxylic acids is 1. The van der Waals surface area contributed by atoms with Crippen molar-refractivity contribution in [2.45, 2.75) is 33.6 Å². The lowest BCUT2D eigenvalue weighted by molar-refractivity contribution is -0.130. The third kappa shape index (κ3) is 8.34. The Balaban J connectivity index is 0.00000420. The van der Waals surface area contributed by atoms with Crippen LogP contribution < -0.4 is 10.6 Å². The molecule has 2 aromatic rings. The van der Waals surface area contributed by atoms with Gasteiger partial charge in [0.15, 0.2) is 11.8 Å². The average Bonchev–Trinajstić information content (AvgIpc) is 3.18. The number of hydrogen-bond donors (Lipinski definition) is 2. The topological polar surface area (TPSA) is 109 Å². The molecule has 0 aromatic carbocycles. The van der Waals surface area contributed by atoms with Gasteiger partial charge in [0.25, 0.3) is 5.89 Å². The molecule has 2 heterocycles. The van der Waals surface area contributed by atoms with Crippen LogP contribution in [0.3, 0.4) is 0 Å². The minimum Gasteiger partial charge on any atom is -0.357 e. The van der Waals surface area contributed by atoms with Gasteiger partial charge in [-0.15, -0.1) is 24.0 Å². The molecule has 160 valence electrons. The Kier molecular flexibility index (Phi) is 11.8. The quantitative estimate of drug-likeness (QED) is 0.284. The van der Waals surface area contributed by atoms with Crippen molar-refractivity contribution in [3.8, 4) is 11.6 Å². The highest BCUT2D eigenvalue weighted by molar-refractivity contribution is 14.0. The number of amides is 1. The maximum absolute atomic E-state index is 12.0. The summed E-state index contributed by atoms with van der Waals surface area (Å²) in [6.07, 6.45) is 2.67. The second-order valence-corrected chi connectivity index (χ2v) is 5.98. The van der Waals surface area contributed by atoms with Crippen molar-refractivity contribution in [2.75, 3.05) is 32.7 Å². The zero-order valence-electron chi connectivity index (χ0n) is 17.2. The van der Waals surface area contributed by atoms with Gasteiger partial charge in [-0.25, -0.2) is 0 Å². The fourth-order valence-electron chi connectivity index (χ4n) is 2.58. The van der Waals surface area contributed by atoms with Gasteiger partial charge in [0.2, 0.25) is 5.91 Å². The molecule has 0 radical (unpaired) electrons. The number of nitrogens with one attached hydrogen (secondary N) is 2. The van der Waals surface area contributed by atoms with Crippen LogP contribution in [0.1, 0.15) is 33.0 Å². The molecule has 2 rings (SSSR count). The molecule has 29 heavy (non-hydrogen) atoms. The van der Waals surface area contributed by atoms with Crippen LogP contribution in [0.5, 0.6) is 0 Å². The van der Waals surface area contributed by atoms with Crippen molar-refractivity contribution >= 4 is 35.8 Å². The van der Waals surface area contributed by atoms with Crippen LogP contribution in [0.4, 0.5) is 0 Å². The van der Waals surface area contributed by atoms with E-state index in [2.05, 4.69) is 30.8 Å². The van der Waals surface area contributed by atoms with Crippen LogP contribution in [-0.4, -0.2) is 64.6 Å². The molecule has 9 nitrogen and oxygen atoms in total. The zero-order valence-corrected chi connectivity index (χ0v) is 19.6. The third-order valence-electron chi connectivity index (χ3n) is 4.05. The van der Waals surface area contributed by atoms with E-state index >= 15 is 0 Å². The number of pyridine rings is 1. The first-order valence-electron chi connectivity index (χ1n) is 9.71. The Hall–Kier alpha value is -2.24. The van der Waals surface area contributed by atoms with Gasteiger partial charge in [0.1, 0.15) is 5.69 Å². The molecule has 0 aliphatic carbocycles. The molecule has 0 spiro atoms. The lowest BCUT2D eigenvalue weighted by Gasteiger charge is -2.18. The van der Waals surface area contributed by atoms with Crippen molar-refractivity contribution in [3.63, 3.8) is 0 Å². The number of guanidine groups is 1. The molecular formula is C19H30IN7O2. The summed E-state index contributed by atoms with van der Waals surface area (Å²) in [7, 11) is 0. The fourth-order valence-corrected chi connectivity index (χ4v) is 2.58. The summed E-state index contributed by atoms with van der Waals surface area (Å²) in [6, 6.07) is 5.53. The van der Waals surface area contributed by atoms with E-state index < -0.39 is 0 Å². The van der Waals surface area contributed by atoms with E-state index in [9.17, 15) is 4.79 Å². The van der Waals surface area contributed by atoms with E-state index in [0.717, 1.165) is 19.6 Å². The van der Waals surface area contributed by atoms with Crippen molar-refractivity contribution in [1.82, 2.24) is 30.7 Å². The maximum atomic E-state index is 12.0. The van der Waals surface area contributed by atoms with Crippen LogP contribution in [-0.2, 0) is 11.2 Å². The number of rotatable bonds is 10. The largest absolute Gasteiger partial charge is 0.357 e. The van der Waals surface area contributed by atoms with Crippen LogP contribution in [0.15, 0.2) is 33.9 Å². The van der Waals surface area contributed by atoms with Crippen LogP contribution >= 0.6 is 24.0 Å². The SMILES string of the molecule is CCNC(=NCCC(=O)N(CC)CC)NCCc1noc(-c2ccccn2)n1.I. The lowest BCUT2D eigenvalue weighted by Crippen LogP contribution is -2.38. The number of halogens is 1. The van der Waals surface area contributed by atoms with E-state index in [1.165, 1.54) is 0 Å². The van der Waals surface area contributed by atoms with Crippen molar-refractivity contribution < 1.29 is 9.32 Å². The summed E-state index contributed by atoms with van der Waals surface area (Å²) in [5.74, 6) is 1.80. The van der Waals surface area contributed by atoms with Crippen LogP contribution in [0.25, 0.3) is 11.6 Å². The molecule has 0 unspecified atom stereocenters. The number of nitrogens with zero attached hydrogens (tertiary/aromatic N) is 5.